The molecule has 0 aromatic carbocycles. The molecule has 0 spiro atoms. The molecule has 0 aliphatic carbocycles. The zero-order valence-corrected chi connectivity index (χ0v) is 8.46. The third-order valence-electron chi connectivity index (χ3n) is 1.99. The van der Waals surface area contributed by atoms with Gasteiger partial charge in [0.15, 0.2) is 0 Å². The van der Waals surface area contributed by atoms with E-state index in [0.29, 0.717) is 6.61 Å². The first-order chi connectivity index (χ1) is 5.67. The topological polar surface area (TPSA) is 29.5 Å². The number of likely N-dealkylation sites (N-methyl/N-ethyl adjacent to an activating group) is 1. The molecule has 0 fully saturated rings. The second-order valence-corrected chi connectivity index (χ2v) is 2.65. The van der Waals surface area contributed by atoms with Crippen LogP contribution in [-0.4, -0.2) is 36.6 Å². The van der Waals surface area contributed by atoms with Crippen LogP contribution in [0.2, 0.25) is 0 Å². The van der Waals surface area contributed by atoms with Gasteiger partial charge in [-0.1, -0.05) is 13.8 Å². The molecule has 0 rings (SSSR count). The van der Waals surface area contributed by atoms with Gasteiger partial charge in [0, 0.05) is 0 Å². The van der Waals surface area contributed by atoms with Gasteiger partial charge in [0.25, 0.3) is 0 Å². The number of hydrogen-bond acceptors (Lipinski definition) is 3. The van der Waals surface area contributed by atoms with Gasteiger partial charge in [-0.25, -0.2) is 0 Å². The molecule has 0 unspecified atom stereocenters. The SMILES string of the molecule is CCOC(=O)[C@@H](C)N(CC)CC. The molecule has 0 aliphatic rings. The highest BCUT2D eigenvalue weighted by Crippen LogP contribution is 2.00. The van der Waals surface area contributed by atoms with Gasteiger partial charge in [-0.2, -0.15) is 0 Å². The van der Waals surface area contributed by atoms with E-state index in [0.717, 1.165) is 13.1 Å². The van der Waals surface area contributed by atoms with Crippen LogP contribution in [0.25, 0.3) is 0 Å². The maximum atomic E-state index is 11.2. The van der Waals surface area contributed by atoms with Crippen molar-refractivity contribution in [3.63, 3.8) is 0 Å². The van der Waals surface area contributed by atoms with Gasteiger partial charge in [0.1, 0.15) is 6.04 Å². The van der Waals surface area contributed by atoms with Gasteiger partial charge in [0.2, 0.25) is 0 Å². The lowest BCUT2D eigenvalue weighted by atomic mass is 10.3. The molecule has 0 aromatic heterocycles. The van der Waals surface area contributed by atoms with Crippen molar-refractivity contribution in [1.82, 2.24) is 4.90 Å². The highest BCUT2D eigenvalue weighted by molar-refractivity contribution is 5.75. The highest BCUT2D eigenvalue weighted by Gasteiger charge is 2.18. The van der Waals surface area contributed by atoms with E-state index < -0.39 is 0 Å². The number of ether oxygens (including phenoxy) is 1. The first kappa shape index (κ1) is 11.4. The van der Waals surface area contributed by atoms with Crippen LogP contribution >= 0.6 is 0 Å². The Labute approximate surface area is 74.7 Å². The lowest BCUT2D eigenvalue weighted by Gasteiger charge is -2.24. The molecule has 0 saturated carbocycles. The summed E-state index contributed by atoms with van der Waals surface area (Å²) in [5.74, 6) is -0.124. The average Bonchev–Trinajstić information content (AvgIpc) is 2.07. The van der Waals surface area contributed by atoms with Crippen molar-refractivity contribution in [3.05, 3.63) is 0 Å². The normalized spacial score (nSPS) is 13.1. The Hall–Kier alpha value is -0.570. The molecule has 3 heteroatoms. The average molecular weight is 173 g/mol. The molecule has 0 heterocycles. The Balaban J connectivity index is 3.96. The quantitative estimate of drug-likeness (QED) is 0.586. The Morgan fingerprint density at radius 1 is 1.33 bits per heavy atom. The molecule has 72 valence electrons. The van der Waals surface area contributed by atoms with E-state index in [4.69, 9.17) is 4.74 Å². The summed E-state index contributed by atoms with van der Waals surface area (Å²) in [7, 11) is 0. The summed E-state index contributed by atoms with van der Waals surface area (Å²) in [5, 5.41) is 0. The maximum Gasteiger partial charge on any atom is 0.323 e. The predicted molar refractivity (Wildman–Crippen MR) is 49.0 cm³/mol. The summed E-state index contributed by atoms with van der Waals surface area (Å²) in [6.45, 7) is 10.0. The molecule has 0 saturated heterocycles. The molecule has 0 N–H and O–H groups in total. The lowest BCUT2D eigenvalue weighted by molar-refractivity contribution is -0.148. The highest BCUT2D eigenvalue weighted by atomic mass is 16.5. The summed E-state index contributed by atoms with van der Waals surface area (Å²) in [6, 6.07) is -0.111. The molecule has 0 radical (unpaired) electrons. The van der Waals surface area contributed by atoms with Crippen LogP contribution in [0.3, 0.4) is 0 Å². The fraction of sp³-hybridized carbons (Fsp3) is 0.889. The Kier molecular flexibility index (Phi) is 5.72. The van der Waals surface area contributed by atoms with Crippen LogP contribution in [0.15, 0.2) is 0 Å². The van der Waals surface area contributed by atoms with Crippen LogP contribution in [0, 0.1) is 0 Å². The largest absolute Gasteiger partial charge is 0.465 e. The van der Waals surface area contributed by atoms with Crippen molar-refractivity contribution in [2.45, 2.75) is 33.7 Å². The second kappa shape index (κ2) is 6.00. The minimum Gasteiger partial charge on any atom is -0.465 e. The van der Waals surface area contributed by atoms with Gasteiger partial charge >= 0.3 is 5.97 Å². The summed E-state index contributed by atoms with van der Waals surface area (Å²) in [4.78, 5) is 13.3. The first-order valence-corrected chi connectivity index (χ1v) is 4.57. The van der Waals surface area contributed by atoms with E-state index in [-0.39, 0.29) is 12.0 Å². The molecular formula is C9H19NO2. The van der Waals surface area contributed by atoms with Gasteiger partial charge in [-0.3, -0.25) is 9.69 Å². The number of hydrogen-bond donors (Lipinski definition) is 0. The molecule has 0 aromatic rings. The molecule has 1 atom stereocenters. The van der Waals surface area contributed by atoms with E-state index >= 15 is 0 Å². The Morgan fingerprint density at radius 2 is 1.83 bits per heavy atom. The van der Waals surface area contributed by atoms with Crippen LogP contribution in [-0.2, 0) is 9.53 Å². The minimum atomic E-state index is -0.124. The summed E-state index contributed by atoms with van der Waals surface area (Å²) >= 11 is 0. The molecule has 0 amide bonds. The molecule has 3 nitrogen and oxygen atoms in total. The van der Waals surface area contributed by atoms with Crippen molar-refractivity contribution in [3.8, 4) is 0 Å². The fourth-order valence-electron chi connectivity index (χ4n) is 1.18. The van der Waals surface area contributed by atoms with E-state index in [2.05, 4.69) is 4.90 Å². The first-order valence-electron chi connectivity index (χ1n) is 4.57. The molecule has 12 heavy (non-hydrogen) atoms. The number of rotatable bonds is 5. The standard InChI is InChI=1S/C9H19NO2/c1-5-10(6-2)8(4)9(11)12-7-3/h8H,5-7H2,1-4H3/t8-/m1/s1. The second-order valence-electron chi connectivity index (χ2n) is 2.65. The monoisotopic (exact) mass is 173 g/mol. The fourth-order valence-corrected chi connectivity index (χ4v) is 1.18. The summed E-state index contributed by atoms with van der Waals surface area (Å²) in [5.41, 5.74) is 0. The lowest BCUT2D eigenvalue weighted by Crippen LogP contribution is -2.39. The number of carbonyl (C=O) groups excluding carboxylic acids is 1. The van der Waals surface area contributed by atoms with Crippen LogP contribution in [0.5, 0.6) is 0 Å². The van der Waals surface area contributed by atoms with Crippen molar-refractivity contribution in [1.29, 1.82) is 0 Å². The minimum absolute atomic E-state index is 0.111. The molecule has 0 bridgehead atoms. The van der Waals surface area contributed by atoms with Crippen molar-refractivity contribution in [2.75, 3.05) is 19.7 Å². The van der Waals surface area contributed by atoms with Crippen molar-refractivity contribution >= 4 is 5.97 Å². The third kappa shape index (κ3) is 3.22. The van der Waals surface area contributed by atoms with Crippen molar-refractivity contribution in [2.24, 2.45) is 0 Å². The third-order valence-corrected chi connectivity index (χ3v) is 1.99. The van der Waals surface area contributed by atoms with Crippen LogP contribution in [0.4, 0.5) is 0 Å². The van der Waals surface area contributed by atoms with Crippen molar-refractivity contribution < 1.29 is 9.53 Å². The van der Waals surface area contributed by atoms with E-state index in [1.807, 2.05) is 27.7 Å². The van der Waals surface area contributed by atoms with Crippen LogP contribution in [0.1, 0.15) is 27.7 Å². The zero-order chi connectivity index (χ0) is 9.56. The number of carbonyl (C=O) groups is 1. The molecule has 0 aliphatic heterocycles. The number of nitrogens with zero attached hydrogens (tertiary/aromatic N) is 1. The number of esters is 1. The smallest absolute Gasteiger partial charge is 0.323 e. The Bertz CT molecular complexity index is 132. The van der Waals surface area contributed by atoms with Gasteiger partial charge in [-0.05, 0) is 26.9 Å². The summed E-state index contributed by atoms with van der Waals surface area (Å²) < 4.78 is 4.91. The van der Waals surface area contributed by atoms with E-state index in [1.165, 1.54) is 0 Å². The van der Waals surface area contributed by atoms with E-state index in [1.54, 1.807) is 0 Å². The van der Waals surface area contributed by atoms with Gasteiger partial charge in [-0.15, -0.1) is 0 Å². The van der Waals surface area contributed by atoms with Crippen LogP contribution < -0.4 is 0 Å². The van der Waals surface area contributed by atoms with Gasteiger partial charge in [0.05, 0.1) is 6.61 Å². The predicted octanol–water partition coefficient (Wildman–Crippen LogP) is 1.28. The Morgan fingerprint density at radius 3 is 2.17 bits per heavy atom. The van der Waals surface area contributed by atoms with Gasteiger partial charge < -0.3 is 4.74 Å². The zero-order valence-electron chi connectivity index (χ0n) is 8.46. The molecular weight excluding hydrogens is 154 g/mol. The maximum absolute atomic E-state index is 11.2. The summed E-state index contributed by atoms with van der Waals surface area (Å²) in [6.07, 6.45) is 0. The van der Waals surface area contributed by atoms with E-state index in [9.17, 15) is 4.79 Å².